The minimum absolute atomic E-state index is 0.476. The largest absolute Gasteiger partial charge is 0.339 e. The lowest BCUT2D eigenvalue weighted by atomic mass is 10.3. The summed E-state index contributed by atoms with van der Waals surface area (Å²) in [6.07, 6.45) is 2.06. The molecular formula is C9H11N5O. The van der Waals surface area contributed by atoms with Crippen LogP contribution in [0.2, 0.25) is 0 Å². The maximum atomic E-state index is 5.38. The summed E-state index contributed by atoms with van der Waals surface area (Å²) in [5.41, 5.74) is 6.91. The zero-order chi connectivity index (χ0) is 10.7. The molecule has 0 amide bonds. The van der Waals surface area contributed by atoms with Gasteiger partial charge in [-0.2, -0.15) is 4.98 Å². The lowest BCUT2D eigenvalue weighted by Gasteiger charge is -1.93. The van der Waals surface area contributed by atoms with Crippen LogP contribution in [0.3, 0.4) is 0 Å². The third kappa shape index (κ3) is 2.16. The molecule has 2 rings (SSSR count). The fraction of sp³-hybridized carbons (Fsp3) is 0.333. The van der Waals surface area contributed by atoms with Crippen LogP contribution in [0.15, 0.2) is 16.9 Å². The third-order valence-electron chi connectivity index (χ3n) is 1.86. The molecule has 0 unspecified atom stereocenters. The van der Waals surface area contributed by atoms with E-state index >= 15 is 0 Å². The molecule has 2 aromatic heterocycles. The van der Waals surface area contributed by atoms with Crippen LogP contribution in [0.25, 0.3) is 11.5 Å². The first-order chi connectivity index (χ1) is 7.29. The highest BCUT2D eigenvalue weighted by Gasteiger charge is 2.09. The first kappa shape index (κ1) is 9.72. The Bertz CT molecular complexity index is 453. The summed E-state index contributed by atoms with van der Waals surface area (Å²) in [5, 5.41) is 3.81. The fourth-order valence-corrected chi connectivity index (χ4v) is 1.16. The highest BCUT2D eigenvalue weighted by Crippen LogP contribution is 2.12. The monoisotopic (exact) mass is 205 g/mol. The van der Waals surface area contributed by atoms with Crippen LogP contribution in [0.5, 0.6) is 0 Å². The Morgan fingerprint density at radius 3 is 3.00 bits per heavy atom. The van der Waals surface area contributed by atoms with E-state index in [0.29, 0.717) is 30.4 Å². The number of aromatic nitrogens is 4. The summed E-state index contributed by atoms with van der Waals surface area (Å²) in [6, 6.07) is 1.80. The van der Waals surface area contributed by atoms with Gasteiger partial charge in [0, 0.05) is 18.7 Å². The molecule has 6 heteroatoms. The van der Waals surface area contributed by atoms with E-state index in [1.807, 2.05) is 6.92 Å². The van der Waals surface area contributed by atoms with Crippen molar-refractivity contribution in [2.75, 3.05) is 6.54 Å². The smallest absolute Gasteiger partial charge is 0.228 e. The molecule has 0 atom stereocenters. The van der Waals surface area contributed by atoms with Gasteiger partial charge in [-0.15, -0.1) is 0 Å². The topological polar surface area (TPSA) is 90.7 Å². The van der Waals surface area contributed by atoms with Crippen molar-refractivity contribution in [1.29, 1.82) is 0 Å². The normalized spacial score (nSPS) is 10.5. The Kier molecular flexibility index (Phi) is 2.68. The predicted molar refractivity (Wildman–Crippen MR) is 52.8 cm³/mol. The first-order valence-electron chi connectivity index (χ1n) is 4.61. The van der Waals surface area contributed by atoms with E-state index in [2.05, 4.69) is 20.1 Å². The van der Waals surface area contributed by atoms with E-state index in [0.717, 1.165) is 5.69 Å². The molecule has 78 valence electrons. The molecule has 2 aromatic rings. The molecule has 0 spiro atoms. The van der Waals surface area contributed by atoms with Crippen molar-refractivity contribution in [3.63, 3.8) is 0 Å². The SMILES string of the molecule is Cc1cc(-c2noc(CCN)n2)ncn1. The molecule has 0 saturated carbocycles. The minimum Gasteiger partial charge on any atom is -0.339 e. The van der Waals surface area contributed by atoms with Crippen molar-refractivity contribution in [3.05, 3.63) is 24.0 Å². The van der Waals surface area contributed by atoms with Gasteiger partial charge in [-0.1, -0.05) is 5.16 Å². The van der Waals surface area contributed by atoms with Crippen LogP contribution < -0.4 is 5.73 Å². The van der Waals surface area contributed by atoms with Crippen molar-refractivity contribution in [3.8, 4) is 11.5 Å². The second-order valence-electron chi connectivity index (χ2n) is 3.10. The molecule has 0 aliphatic carbocycles. The Labute approximate surface area is 86.5 Å². The van der Waals surface area contributed by atoms with Gasteiger partial charge in [0.1, 0.15) is 12.0 Å². The molecule has 0 saturated heterocycles. The van der Waals surface area contributed by atoms with Crippen molar-refractivity contribution >= 4 is 0 Å². The maximum absolute atomic E-state index is 5.38. The van der Waals surface area contributed by atoms with Crippen LogP contribution in [0.4, 0.5) is 0 Å². The van der Waals surface area contributed by atoms with Crippen molar-refractivity contribution in [2.24, 2.45) is 5.73 Å². The van der Waals surface area contributed by atoms with Gasteiger partial charge < -0.3 is 10.3 Å². The van der Waals surface area contributed by atoms with Gasteiger partial charge in [-0.05, 0) is 13.0 Å². The highest BCUT2D eigenvalue weighted by molar-refractivity contribution is 5.47. The third-order valence-corrected chi connectivity index (χ3v) is 1.86. The molecule has 15 heavy (non-hydrogen) atoms. The van der Waals surface area contributed by atoms with Gasteiger partial charge in [0.15, 0.2) is 0 Å². The quantitative estimate of drug-likeness (QED) is 0.776. The molecule has 6 nitrogen and oxygen atoms in total. The van der Waals surface area contributed by atoms with Crippen LogP contribution in [-0.4, -0.2) is 26.7 Å². The molecule has 0 bridgehead atoms. The van der Waals surface area contributed by atoms with E-state index < -0.39 is 0 Å². The minimum atomic E-state index is 0.476. The van der Waals surface area contributed by atoms with Gasteiger partial charge in [-0.25, -0.2) is 9.97 Å². The summed E-state index contributed by atoms with van der Waals surface area (Å²) in [4.78, 5) is 12.2. The van der Waals surface area contributed by atoms with Crippen LogP contribution in [-0.2, 0) is 6.42 Å². The van der Waals surface area contributed by atoms with Gasteiger partial charge >= 0.3 is 0 Å². The second-order valence-corrected chi connectivity index (χ2v) is 3.10. The Morgan fingerprint density at radius 2 is 2.27 bits per heavy atom. The number of nitrogens with zero attached hydrogens (tertiary/aromatic N) is 4. The Hall–Kier alpha value is -1.82. The lowest BCUT2D eigenvalue weighted by molar-refractivity contribution is 0.380. The van der Waals surface area contributed by atoms with Crippen molar-refractivity contribution < 1.29 is 4.52 Å². The second kappa shape index (κ2) is 4.14. The van der Waals surface area contributed by atoms with Crippen molar-refractivity contribution in [1.82, 2.24) is 20.1 Å². The number of aryl methyl sites for hydroxylation is 1. The van der Waals surface area contributed by atoms with E-state index in [4.69, 9.17) is 10.3 Å². The fourth-order valence-electron chi connectivity index (χ4n) is 1.16. The standard InChI is InChI=1S/C9H11N5O/c1-6-4-7(12-5-11-6)9-13-8(2-3-10)15-14-9/h4-5H,2-3,10H2,1H3. The molecule has 0 aliphatic rings. The molecule has 2 N–H and O–H groups in total. The highest BCUT2D eigenvalue weighted by atomic mass is 16.5. The molecular weight excluding hydrogens is 194 g/mol. The maximum Gasteiger partial charge on any atom is 0.228 e. The first-order valence-corrected chi connectivity index (χ1v) is 4.61. The summed E-state index contributed by atoms with van der Waals surface area (Å²) < 4.78 is 5.00. The van der Waals surface area contributed by atoms with Gasteiger partial charge in [0.2, 0.25) is 11.7 Å². The van der Waals surface area contributed by atoms with Gasteiger partial charge in [0.05, 0.1) is 0 Å². The zero-order valence-electron chi connectivity index (χ0n) is 8.34. The van der Waals surface area contributed by atoms with E-state index in [1.165, 1.54) is 6.33 Å². The van der Waals surface area contributed by atoms with Gasteiger partial charge in [-0.3, -0.25) is 0 Å². The average molecular weight is 205 g/mol. The number of nitrogens with two attached hydrogens (primary N) is 1. The zero-order valence-corrected chi connectivity index (χ0v) is 8.34. The van der Waals surface area contributed by atoms with Crippen molar-refractivity contribution in [2.45, 2.75) is 13.3 Å². The molecule has 2 heterocycles. The van der Waals surface area contributed by atoms with Gasteiger partial charge in [0.25, 0.3) is 0 Å². The number of hydrogen-bond acceptors (Lipinski definition) is 6. The van der Waals surface area contributed by atoms with Crippen LogP contribution in [0, 0.1) is 6.92 Å². The summed E-state index contributed by atoms with van der Waals surface area (Å²) in [7, 11) is 0. The Morgan fingerprint density at radius 1 is 1.40 bits per heavy atom. The summed E-state index contributed by atoms with van der Waals surface area (Å²) in [6.45, 7) is 2.37. The number of hydrogen-bond donors (Lipinski definition) is 1. The molecule has 0 aromatic carbocycles. The predicted octanol–water partition coefficient (Wildman–Crippen LogP) is 0.336. The molecule has 0 radical (unpaired) electrons. The number of rotatable bonds is 3. The van der Waals surface area contributed by atoms with E-state index in [1.54, 1.807) is 6.07 Å². The van der Waals surface area contributed by atoms with Crippen LogP contribution >= 0.6 is 0 Å². The van der Waals surface area contributed by atoms with Crippen LogP contribution in [0.1, 0.15) is 11.6 Å². The summed E-state index contributed by atoms with van der Waals surface area (Å²) in [5.74, 6) is 1.01. The summed E-state index contributed by atoms with van der Waals surface area (Å²) >= 11 is 0. The molecule has 0 fully saturated rings. The lowest BCUT2D eigenvalue weighted by Crippen LogP contribution is -2.02. The molecule has 0 aliphatic heterocycles. The van der Waals surface area contributed by atoms with E-state index in [-0.39, 0.29) is 0 Å². The van der Waals surface area contributed by atoms with E-state index in [9.17, 15) is 0 Å². The Balaban J connectivity index is 2.29. The average Bonchev–Trinajstić information content (AvgIpc) is 2.67.